The van der Waals surface area contributed by atoms with Gasteiger partial charge in [0.2, 0.25) is 0 Å². The van der Waals surface area contributed by atoms with E-state index in [9.17, 15) is 18.5 Å². The van der Waals surface area contributed by atoms with Crippen LogP contribution in [0.25, 0.3) is 0 Å². The molecule has 0 saturated carbocycles. The number of halogens is 2. The Kier molecular flexibility index (Phi) is 5.37. The quantitative estimate of drug-likeness (QED) is 0.560. The Morgan fingerprint density at radius 2 is 1.88 bits per heavy atom. The second-order valence-corrected chi connectivity index (χ2v) is 7.57. The van der Waals surface area contributed by atoms with Crippen molar-refractivity contribution in [3.63, 3.8) is 0 Å². The van der Waals surface area contributed by atoms with Crippen molar-refractivity contribution in [3.8, 4) is 0 Å². The number of hydrogen-bond acceptors (Lipinski definition) is 4. The van der Waals surface area contributed by atoms with E-state index in [1.165, 1.54) is 18.2 Å². The molecular weight excluding hydrogens is 375 g/mol. The summed E-state index contributed by atoms with van der Waals surface area (Å²) in [5, 5.41) is 11.3. The molecule has 9 heteroatoms. The summed E-state index contributed by atoms with van der Waals surface area (Å²) in [6, 6.07) is 8.37. The Balaban J connectivity index is 2.66. The maximum absolute atomic E-state index is 13.0. The first-order chi connectivity index (χ1) is 11.2. The molecule has 0 aliphatic carbocycles. The van der Waals surface area contributed by atoms with Gasteiger partial charge in [-0.15, -0.1) is 0 Å². The van der Waals surface area contributed by atoms with Gasteiger partial charge in [0, 0.05) is 18.7 Å². The molecule has 0 radical (unpaired) electrons. The van der Waals surface area contributed by atoms with E-state index in [0.717, 1.165) is 10.4 Å². The lowest BCUT2D eigenvalue weighted by atomic mass is 10.2. The van der Waals surface area contributed by atoms with Crippen molar-refractivity contribution >= 4 is 44.6 Å². The summed E-state index contributed by atoms with van der Waals surface area (Å²) in [6.45, 7) is 3.30. The lowest BCUT2D eigenvalue weighted by molar-refractivity contribution is -0.385. The molecule has 0 aliphatic heterocycles. The number of sulfonamides is 1. The van der Waals surface area contributed by atoms with E-state index < -0.39 is 14.9 Å². The van der Waals surface area contributed by atoms with Gasteiger partial charge in [0.25, 0.3) is 15.7 Å². The number of benzene rings is 2. The van der Waals surface area contributed by atoms with Crippen LogP contribution >= 0.6 is 23.2 Å². The SMILES string of the molecule is CCN(c1cccc(Cl)c1Cl)S(=O)(=O)c1cc([N+](=O)[O-])ccc1C. The molecule has 0 heterocycles. The van der Waals surface area contributed by atoms with Crippen LogP contribution in [0.5, 0.6) is 0 Å². The molecule has 128 valence electrons. The summed E-state index contributed by atoms with van der Waals surface area (Å²) >= 11 is 12.1. The molecule has 2 aromatic carbocycles. The molecule has 2 aromatic rings. The Labute approximate surface area is 149 Å². The average Bonchev–Trinajstić information content (AvgIpc) is 2.52. The third-order valence-electron chi connectivity index (χ3n) is 3.44. The van der Waals surface area contributed by atoms with Crippen LogP contribution in [0.1, 0.15) is 12.5 Å². The highest BCUT2D eigenvalue weighted by atomic mass is 35.5. The van der Waals surface area contributed by atoms with Crippen molar-refractivity contribution in [2.24, 2.45) is 0 Å². The largest absolute Gasteiger partial charge is 0.270 e. The van der Waals surface area contributed by atoms with E-state index >= 15 is 0 Å². The van der Waals surface area contributed by atoms with Gasteiger partial charge in [0.1, 0.15) is 0 Å². The number of aryl methyl sites for hydroxylation is 1. The van der Waals surface area contributed by atoms with Gasteiger partial charge in [0.05, 0.1) is 25.6 Å². The van der Waals surface area contributed by atoms with E-state index in [-0.39, 0.29) is 32.9 Å². The van der Waals surface area contributed by atoms with Gasteiger partial charge in [-0.25, -0.2) is 8.42 Å². The molecule has 24 heavy (non-hydrogen) atoms. The van der Waals surface area contributed by atoms with Crippen molar-refractivity contribution < 1.29 is 13.3 Å². The fourth-order valence-corrected chi connectivity index (χ4v) is 4.43. The molecule has 0 spiro atoms. The van der Waals surface area contributed by atoms with Crippen LogP contribution in [0.2, 0.25) is 10.0 Å². The van der Waals surface area contributed by atoms with E-state index in [1.807, 2.05) is 0 Å². The summed E-state index contributed by atoms with van der Waals surface area (Å²) in [4.78, 5) is 10.2. The van der Waals surface area contributed by atoms with Crippen LogP contribution in [0.15, 0.2) is 41.3 Å². The minimum absolute atomic E-state index is 0.0878. The molecule has 0 aliphatic rings. The Morgan fingerprint density at radius 3 is 2.46 bits per heavy atom. The van der Waals surface area contributed by atoms with Crippen molar-refractivity contribution in [2.45, 2.75) is 18.7 Å². The number of anilines is 1. The first kappa shape index (κ1) is 18.5. The van der Waals surface area contributed by atoms with Crippen LogP contribution in [-0.4, -0.2) is 19.9 Å². The number of nitrogens with zero attached hydrogens (tertiary/aromatic N) is 2. The van der Waals surface area contributed by atoms with Gasteiger partial charge >= 0.3 is 0 Å². The van der Waals surface area contributed by atoms with Crippen LogP contribution in [0.3, 0.4) is 0 Å². The molecule has 2 rings (SSSR count). The van der Waals surface area contributed by atoms with Crippen LogP contribution in [-0.2, 0) is 10.0 Å². The highest BCUT2D eigenvalue weighted by molar-refractivity contribution is 7.92. The summed E-state index contributed by atoms with van der Waals surface area (Å²) < 4.78 is 27.1. The zero-order chi connectivity index (χ0) is 18.1. The molecule has 0 fully saturated rings. The minimum atomic E-state index is -4.04. The van der Waals surface area contributed by atoms with Crippen molar-refractivity contribution in [1.29, 1.82) is 0 Å². The second kappa shape index (κ2) is 6.96. The number of hydrogen-bond donors (Lipinski definition) is 0. The Morgan fingerprint density at radius 1 is 1.21 bits per heavy atom. The van der Waals surface area contributed by atoms with Crippen molar-refractivity contribution in [3.05, 3.63) is 62.1 Å². The van der Waals surface area contributed by atoms with Gasteiger partial charge in [-0.2, -0.15) is 0 Å². The summed E-state index contributed by atoms with van der Waals surface area (Å²) in [5.74, 6) is 0. The van der Waals surface area contributed by atoms with Gasteiger partial charge in [-0.05, 0) is 31.5 Å². The highest BCUT2D eigenvalue weighted by Crippen LogP contribution is 2.36. The van der Waals surface area contributed by atoms with E-state index in [1.54, 1.807) is 26.0 Å². The minimum Gasteiger partial charge on any atom is -0.265 e. The van der Waals surface area contributed by atoms with Gasteiger partial charge in [-0.3, -0.25) is 14.4 Å². The average molecular weight is 389 g/mol. The van der Waals surface area contributed by atoms with E-state index in [2.05, 4.69) is 0 Å². The fraction of sp³-hybridized carbons (Fsp3) is 0.200. The maximum atomic E-state index is 13.0. The summed E-state index contributed by atoms with van der Waals surface area (Å²) in [5.41, 5.74) is 0.321. The Bertz CT molecular complexity index is 900. The van der Waals surface area contributed by atoms with Crippen molar-refractivity contribution in [1.82, 2.24) is 0 Å². The second-order valence-electron chi connectivity index (χ2n) is 4.95. The lowest BCUT2D eigenvalue weighted by Crippen LogP contribution is -2.31. The third-order valence-corrected chi connectivity index (χ3v) is 6.28. The molecule has 0 unspecified atom stereocenters. The fourth-order valence-electron chi connectivity index (χ4n) is 2.25. The van der Waals surface area contributed by atoms with Gasteiger partial charge < -0.3 is 0 Å². The predicted octanol–water partition coefficient (Wildman–Crippen LogP) is 4.43. The first-order valence-electron chi connectivity index (χ1n) is 6.92. The summed E-state index contributed by atoms with van der Waals surface area (Å²) in [6.07, 6.45) is 0. The van der Waals surface area contributed by atoms with Crippen LogP contribution < -0.4 is 4.31 Å². The maximum Gasteiger partial charge on any atom is 0.270 e. The molecule has 0 N–H and O–H groups in total. The molecule has 0 bridgehead atoms. The molecule has 0 amide bonds. The smallest absolute Gasteiger partial charge is 0.265 e. The number of nitro benzene ring substituents is 1. The van der Waals surface area contributed by atoms with Crippen LogP contribution in [0, 0.1) is 17.0 Å². The molecule has 0 atom stereocenters. The van der Waals surface area contributed by atoms with E-state index in [4.69, 9.17) is 23.2 Å². The molecular formula is C15H14Cl2N2O4S. The number of rotatable bonds is 5. The highest BCUT2D eigenvalue weighted by Gasteiger charge is 2.29. The molecule has 0 saturated heterocycles. The number of non-ortho nitro benzene ring substituents is 1. The summed E-state index contributed by atoms with van der Waals surface area (Å²) in [7, 11) is -4.04. The standard InChI is InChI=1S/C15H14Cl2N2O4S/c1-3-18(13-6-4-5-12(16)15(13)17)24(22,23)14-9-11(19(20)21)8-7-10(14)2/h4-9H,3H2,1-2H3. The van der Waals surface area contributed by atoms with Gasteiger partial charge in [-0.1, -0.05) is 35.3 Å². The topological polar surface area (TPSA) is 80.5 Å². The normalized spacial score (nSPS) is 11.3. The third kappa shape index (κ3) is 3.33. The molecule has 0 aromatic heterocycles. The predicted molar refractivity (Wildman–Crippen MR) is 94.5 cm³/mol. The zero-order valence-corrected chi connectivity index (χ0v) is 15.2. The monoisotopic (exact) mass is 388 g/mol. The Hall–Kier alpha value is -1.83. The van der Waals surface area contributed by atoms with Crippen LogP contribution in [0.4, 0.5) is 11.4 Å². The molecule has 6 nitrogen and oxygen atoms in total. The van der Waals surface area contributed by atoms with E-state index in [0.29, 0.717) is 5.56 Å². The lowest BCUT2D eigenvalue weighted by Gasteiger charge is -2.25. The number of nitro groups is 1. The zero-order valence-electron chi connectivity index (χ0n) is 12.9. The van der Waals surface area contributed by atoms with Gasteiger partial charge in [0.15, 0.2) is 0 Å². The first-order valence-corrected chi connectivity index (χ1v) is 9.11. The van der Waals surface area contributed by atoms with Crippen molar-refractivity contribution in [2.75, 3.05) is 10.8 Å².